The molecule has 0 saturated carbocycles. The molecule has 0 atom stereocenters. The topological polar surface area (TPSA) is 49.9 Å². The zero-order chi connectivity index (χ0) is 10.7. The van der Waals surface area contributed by atoms with Gasteiger partial charge < -0.3 is 4.98 Å². The van der Waals surface area contributed by atoms with Gasteiger partial charge >= 0.3 is 0 Å². The summed E-state index contributed by atoms with van der Waals surface area (Å²) < 4.78 is 0. The van der Waals surface area contributed by atoms with Crippen molar-refractivity contribution >= 4 is 12.1 Å². The normalized spacial score (nSPS) is 9.87. The molecule has 1 aromatic heterocycles. The lowest BCUT2D eigenvalue weighted by Crippen LogP contribution is -1.98. The standard InChI is InChI=1S/C12H9NO2/c14-8-11-6-10(7-13-11)12(15)9-4-2-1-3-5-9/h1-8,13H. The molecule has 2 rings (SSSR count). The van der Waals surface area contributed by atoms with E-state index >= 15 is 0 Å². The largest absolute Gasteiger partial charge is 0.358 e. The fraction of sp³-hybridized carbons (Fsp3) is 0. The van der Waals surface area contributed by atoms with Gasteiger partial charge in [-0.2, -0.15) is 0 Å². The summed E-state index contributed by atoms with van der Waals surface area (Å²) in [7, 11) is 0. The van der Waals surface area contributed by atoms with E-state index in [-0.39, 0.29) is 5.78 Å². The summed E-state index contributed by atoms with van der Waals surface area (Å²) in [5.41, 5.74) is 1.53. The van der Waals surface area contributed by atoms with Gasteiger partial charge in [0.1, 0.15) is 0 Å². The molecule has 0 spiro atoms. The number of nitrogens with one attached hydrogen (secondary N) is 1. The maximum atomic E-state index is 11.8. The minimum atomic E-state index is -0.0834. The number of aromatic nitrogens is 1. The van der Waals surface area contributed by atoms with Crippen molar-refractivity contribution in [3.63, 3.8) is 0 Å². The molecule has 0 amide bonds. The van der Waals surface area contributed by atoms with Crippen LogP contribution in [-0.2, 0) is 0 Å². The van der Waals surface area contributed by atoms with E-state index in [1.807, 2.05) is 6.07 Å². The summed E-state index contributed by atoms with van der Waals surface area (Å²) >= 11 is 0. The summed E-state index contributed by atoms with van der Waals surface area (Å²) in [6.07, 6.45) is 2.22. The molecule has 0 radical (unpaired) electrons. The Hall–Kier alpha value is -2.16. The van der Waals surface area contributed by atoms with Gasteiger partial charge in [-0.1, -0.05) is 30.3 Å². The van der Waals surface area contributed by atoms with Gasteiger partial charge in [0.05, 0.1) is 5.69 Å². The number of H-pyrrole nitrogens is 1. The second-order valence-corrected chi connectivity index (χ2v) is 3.16. The fourth-order valence-corrected chi connectivity index (χ4v) is 1.37. The van der Waals surface area contributed by atoms with Crippen LogP contribution in [0.5, 0.6) is 0 Å². The molecule has 0 unspecified atom stereocenters. The number of aromatic amines is 1. The highest BCUT2D eigenvalue weighted by Crippen LogP contribution is 2.09. The summed E-state index contributed by atoms with van der Waals surface area (Å²) in [5.74, 6) is -0.0834. The first-order chi connectivity index (χ1) is 7.31. The van der Waals surface area contributed by atoms with Crippen LogP contribution in [0.15, 0.2) is 42.6 Å². The molecular formula is C12H9NO2. The molecule has 2 aromatic rings. The Morgan fingerprint density at radius 3 is 2.47 bits per heavy atom. The van der Waals surface area contributed by atoms with Gasteiger partial charge in [0.15, 0.2) is 12.1 Å². The molecule has 0 saturated heterocycles. The lowest BCUT2D eigenvalue weighted by molar-refractivity contribution is 0.103. The highest BCUT2D eigenvalue weighted by Gasteiger charge is 2.09. The molecule has 0 fully saturated rings. The van der Waals surface area contributed by atoms with Crippen LogP contribution in [0.1, 0.15) is 26.4 Å². The Bertz CT molecular complexity index is 485. The Labute approximate surface area is 86.8 Å². The average Bonchev–Trinajstić information content (AvgIpc) is 2.78. The molecular weight excluding hydrogens is 190 g/mol. The van der Waals surface area contributed by atoms with Crippen molar-refractivity contribution < 1.29 is 9.59 Å². The molecule has 1 N–H and O–H groups in total. The Morgan fingerprint density at radius 1 is 1.13 bits per heavy atom. The molecule has 3 heteroatoms. The average molecular weight is 199 g/mol. The number of hydrogen-bond acceptors (Lipinski definition) is 2. The zero-order valence-electron chi connectivity index (χ0n) is 7.94. The second-order valence-electron chi connectivity index (χ2n) is 3.16. The van der Waals surface area contributed by atoms with Gasteiger partial charge in [-0.05, 0) is 6.07 Å². The molecule has 1 aromatic carbocycles. The van der Waals surface area contributed by atoms with Crippen LogP contribution in [0.4, 0.5) is 0 Å². The van der Waals surface area contributed by atoms with Crippen molar-refractivity contribution in [3.05, 3.63) is 59.4 Å². The van der Waals surface area contributed by atoms with Crippen molar-refractivity contribution in [3.8, 4) is 0 Å². The number of ketones is 1. The molecule has 1 heterocycles. The summed E-state index contributed by atoms with van der Waals surface area (Å²) in [6.45, 7) is 0. The molecule has 0 bridgehead atoms. The number of carbonyl (C=O) groups excluding carboxylic acids is 2. The Balaban J connectivity index is 2.32. The second kappa shape index (κ2) is 3.92. The molecule has 15 heavy (non-hydrogen) atoms. The van der Waals surface area contributed by atoms with Crippen LogP contribution in [0.2, 0.25) is 0 Å². The molecule has 0 aliphatic rings. The molecule has 0 aliphatic carbocycles. The van der Waals surface area contributed by atoms with E-state index in [1.54, 1.807) is 36.5 Å². The predicted molar refractivity (Wildman–Crippen MR) is 56.1 cm³/mol. The zero-order valence-corrected chi connectivity index (χ0v) is 7.94. The van der Waals surface area contributed by atoms with Crippen LogP contribution in [0.3, 0.4) is 0 Å². The minimum Gasteiger partial charge on any atom is -0.358 e. The lowest BCUT2D eigenvalue weighted by atomic mass is 10.1. The molecule has 74 valence electrons. The van der Waals surface area contributed by atoms with E-state index in [1.165, 1.54) is 0 Å². The highest BCUT2D eigenvalue weighted by molar-refractivity contribution is 6.09. The summed E-state index contributed by atoms with van der Waals surface area (Å²) in [6, 6.07) is 10.5. The highest BCUT2D eigenvalue weighted by atomic mass is 16.1. The third kappa shape index (κ3) is 1.86. The lowest BCUT2D eigenvalue weighted by Gasteiger charge is -1.95. The molecule has 3 nitrogen and oxygen atoms in total. The van der Waals surface area contributed by atoms with Crippen LogP contribution in [0.25, 0.3) is 0 Å². The van der Waals surface area contributed by atoms with Gasteiger partial charge in [-0.25, -0.2) is 0 Å². The monoisotopic (exact) mass is 199 g/mol. The first-order valence-corrected chi connectivity index (χ1v) is 4.54. The number of carbonyl (C=O) groups is 2. The van der Waals surface area contributed by atoms with E-state index in [0.717, 1.165) is 0 Å². The SMILES string of the molecule is O=Cc1cc(C(=O)c2ccccc2)c[nH]1. The Kier molecular flexibility index (Phi) is 2.46. The first kappa shape index (κ1) is 9.40. The fourth-order valence-electron chi connectivity index (χ4n) is 1.37. The molecule has 0 aliphatic heterocycles. The number of hydrogen-bond donors (Lipinski definition) is 1. The van der Waals surface area contributed by atoms with Gasteiger partial charge in [0.25, 0.3) is 0 Å². The van der Waals surface area contributed by atoms with Crippen molar-refractivity contribution in [2.75, 3.05) is 0 Å². The summed E-state index contributed by atoms with van der Waals surface area (Å²) in [4.78, 5) is 25.0. The first-order valence-electron chi connectivity index (χ1n) is 4.54. The maximum Gasteiger partial charge on any atom is 0.194 e. The number of aldehydes is 1. The predicted octanol–water partition coefficient (Wildman–Crippen LogP) is 2.06. The minimum absolute atomic E-state index is 0.0834. The van der Waals surface area contributed by atoms with Gasteiger partial charge in [-0.3, -0.25) is 9.59 Å². The quantitative estimate of drug-likeness (QED) is 0.607. The smallest absolute Gasteiger partial charge is 0.194 e. The van der Waals surface area contributed by atoms with Crippen molar-refractivity contribution in [2.24, 2.45) is 0 Å². The van der Waals surface area contributed by atoms with E-state index in [2.05, 4.69) is 4.98 Å². The van der Waals surface area contributed by atoms with Gasteiger partial charge in [0, 0.05) is 17.3 Å². The van der Waals surface area contributed by atoms with Crippen LogP contribution < -0.4 is 0 Å². The third-order valence-electron chi connectivity index (χ3n) is 2.13. The van der Waals surface area contributed by atoms with E-state index in [9.17, 15) is 9.59 Å². The van der Waals surface area contributed by atoms with E-state index in [4.69, 9.17) is 0 Å². The van der Waals surface area contributed by atoms with E-state index < -0.39 is 0 Å². The number of benzene rings is 1. The van der Waals surface area contributed by atoms with Crippen LogP contribution in [0, 0.1) is 0 Å². The summed E-state index contributed by atoms with van der Waals surface area (Å²) in [5, 5.41) is 0. The van der Waals surface area contributed by atoms with Crippen molar-refractivity contribution in [2.45, 2.75) is 0 Å². The van der Waals surface area contributed by atoms with Crippen LogP contribution in [-0.4, -0.2) is 17.1 Å². The van der Waals surface area contributed by atoms with Gasteiger partial charge in [-0.15, -0.1) is 0 Å². The number of rotatable bonds is 3. The third-order valence-corrected chi connectivity index (χ3v) is 2.13. The maximum absolute atomic E-state index is 11.8. The van der Waals surface area contributed by atoms with Gasteiger partial charge in [0.2, 0.25) is 0 Å². The van der Waals surface area contributed by atoms with Crippen molar-refractivity contribution in [1.82, 2.24) is 4.98 Å². The Morgan fingerprint density at radius 2 is 1.87 bits per heavy atom. The van der Waals surface area contributed by atoms with Crippen molar-refractivity contribution in [1.29, 1.82) is 0 Å². The van der Waals surface area contributed by atoms with Crippen LogP contribution >= 0.6 is 0 Å². The van der Waals surface area contributed by atoms with E-state index in [0.29, 0.717) is 23.1 Å².